The van der Waals surface area contributed by atoms with Crippen molar-refractivity contribution < 1.29 is 13.2 Å². The fourth-order valence-electron chi connectivity index (χ4n) is 2.71. The van der Waals surface area contributed by atoms with Gasteiger partial charge in [0.25, 0.3) is 0 Å². The van der Waals surface area contributed by atoms with Crippen molar-refractivity contribution in [3.63, 3.8) is 0 Å². The first kappa shape index (κ1) is 12.7. The van der Waals surface area contributed by atoms with Crippen molar-refractivity contribution in [2.45, 2.75) is 31.1 Å². The van der Waals surface area contributed by atoms with Crippen LogP contribution in [0.3, 0.4) is 0 Å². The number of fused-ring (bicyclic) bond motifs is 1. The van der Waals surface area contributed by atoms with E-state index < -0.39 is 24.1 Å². The SMILES string of the molecule is N#Cc1c(F)c2cnc(N)nn2c1C1CCC(F)(F)C1. The highest BCUT2D eigenvalue weighted by Crippen LogP contribution is 2.45. The Labute approximate surface area is 111 Å². The number of nitrogen functional groups attached to an aromatic ring is 1. The Morgan fingerprint density at radius 3 is 2.85 bits per heavy atom. The van der Waals surface area contributed by atoms with E-state index in [1.165, 1.54) is 0 Å². The maximum Gasteiger partial charge on any atom is 0.248 e. The Balaban J connectivity index is 2.24. The van der Waals surface area contributed by atoms with Gasteiger partial charge in [-0.15, -0.1) is 5.10 Å². The Morgan fingerprint density at radius 1 is 1.50 bits per heavy atom. The normalized spacial score (nSPS) is 21.2. The van der Waals surface area contributed by atoms with Crippen LogP contribution in [0.15, 0.2) is 6.20 Å². The lowest BCUT2D eigenvalue weighted by Gasteiger charge is -2.11. The van der Waals surface area contributed by atoms with E-state index in [9.17, 15) is 13.2 Å². The second-order valence-corrected chi connectivity index (χ2v) is 4.90. The third-order valence-corrected chi connectivity index (χ3v) is 3.58. The number of halogens is 3. The molecule has 1 fully saturated rings. The minimum Gasteiger partial charge on any atom is -0.367 e. The highest BCUT2D eigenvalue weighted by atomic mass is 19.3. The highest BCUT2D eigenvalue weighted by Gasteiger charge is 2.42. The van der Waals surface area contributed by atoms with Crippen molar-refractivity contribution in [1.82, 2.24) is 14.6 Å². The maximum atomic E-state index is 14.1. The summed E-state index contributed by atoms with van der Waals surface area (Å²) in [5, 5.41) is 12.9. The molecule has 5 nitrogen and oxygen atoms in total. The largest absolute Gasteiger partial charge is 0.367 e. The molecule has 2 aromatic heterocycles. The van der Waals surface area contributed by atoms with Crippen LogP contribution in [0.4, 0.5) is 19.1 Å². The lowest BCUT2D eigenvalue weighted by molar-refractivity contribution is 0.00761. The number of nitrogens with zero attached hydrogens (tertiary/aromatic N) is 4. The molecule has 0 spiro atoms. The molecule has 0 aliphatic heterocycles. The summed E-state index contributed by atoms with van der Waals surface area (Å²) in [6.07, 6.45) is 0.626. The molecular formula is C12H10F3N5. The minimum absolute atomic E-state index is 0.0269. The fourth-order valence-corrected chi connectivity index (χ4v) is 2.71. The van der Waals surface area contributed by atoms with Crippen molar-refractivity contribution in [2.75, 3.05) is 5.73 Å². The molecule has 0 bridgehead atoms. The maximum absolute atomic E-state index is 14.1. The van der Waals surface area contributed by atoms with E-state index in [0.29, 0.717) is 0 Å². The van der Waals surface area contributed by atoms with Crippen LogP contribution >= 0.6 is 0 Å². The minimum atomic E-state index is -2.80. The lowest BCUT2D eigenvalue weighted by Crippen LogP contribution is -2.11. The number of hydrogen-bond acceptors (Lipinski definition) is 4. The van der Waals surface area contributed by atoms with Gasteiger partial charge in [0.2, 0.25) is 11.9 Å². The van der Waals surface area contributed by atoms with Gasteiger partial charge < -0.3 is 5.73 Å². The number of aromatic nitrogens is 3. The van der Waals surface area contributed by atoms with Gasteiger partial charge in [0, 0.05) is 18.8 Å². The monoisotopic (exact) mass is 281 g/mol. The molecule has 0 saturated heterocycles. The second-order valence-electron chi connectivity index (χ2n) is 4.90. The molecule has 0 radical (unpaired) electrons. The summed E-state index contributed by atoms with van der Waals surface area (Å²) in [5.74, 6) is -4.32. The summed E-state index contributed by atoms with van der Waals surface area (Å²) in [6, 6.07) is 1.73. The van der Waals surface area contributed by atoms with Gasteiger partial charge in [-0.2, -0.15) is 5.26 Å². The van der Waals surface area contributed by atoms with Gasteiger partial charge >= 0.3 is 0 Å². The molecule has 3 rings (SSSR count). The van der Waals surface area contributed by atoms with Crippen LogP contribution in [-0.2, 0) is 0 Å². The first-order chi connectivity index (χ1) is 9.43. The molecule has 2 heterocycles. The molecule has 1 atom stereocenters. The summed E-state index contributed by atoms with van der Waals surface area (Å²) in [4.78, 5) is 3.66. The van der Waals surface area contributed by atoms with Gasteiger partial charge in [-0.05, 0) is 6.42 Å². The van der Waals surface area contributed by atoms with Crippen LogP contribution in [0.25, 0.3) is 5.52 Å². The zero-order chi connectivity index (χ0) is 14.5. The number of anilines is 1. The van der Waals surface area contributed by atoms with E-state index in [-0.39, 0.29) is 35.6 Å². The van der Waals surface area contributed by atoms with E-state index in [2.05, 4.69) is 10.1 Å². The first-order valence-corrected chi connectivity index (χ1v) is 6.03. The Hall–Kier alpha value is -2.30. The molecular weight excluding hydrogens is 271 g/mol. The summed E-state index contributed by atoms with van der Waals surface area (Å²) in [5.41, 5.74) is 5.32. The van der Waals surface area contributed by atoms with E-state index in [0.717, 1.165) is 10.7 Å². The zero-order valence-corrected chi connectivity index (χ0v) is 10.3. The van der Waals surface area contributed by atoms with Crippen molar-refractivity contribution in [3.8, 4) is 6.07 Å². The predicted octanol–water partition coefficient (Wildman–Crippen LogP) is 2.23. The average Bonchev–Trinajstić information content (AvgIpc) is 2.87. The van der Waals surface area contributed by atoms with Gasteiger partial charge in [0.1, 0.15) is 17.1 Å². The van der Waals surface area contributed by atoms with Gasteiger partial charge in [-0.3, -0.25) is 0 Å². The topological polar surface area (TPSA) is 80.0 Å². The van der Waals surface area contributed by atoms with E-state index in [4.69, 9.17) is 11.0 Å². The van der Waals surface area contributed by atoms with Crippen LogP contribution < -0.4 is 5.73 Å². The fraction of sp³-hybridized carbons (Fsp3) is 0.417. The Morgan fingerprint density at radius 2 is 2.25 bits per heavy atom. The van der Waals surface area contributed by atoms with Crippen molar-refractivity contribution >= 4 is 11.5 Å². The highest BCUT2D eigenvalue weighted by molar-refractivity contribution is 5.58. The van der Waals surface area contributed by atoms with Gasteiger partial charge in [-0.25, -0.2) is 22.7 Å². The standard InChI is InChI=1S/C12H10F3N5/c13-9-7(4-16)10(6-1-2-12(14,15)3-6)20-8(9)5-18-11(17)19-20/h5-6H,1-3H2,(H2,17,19). The van der Waals surface area contributed by atoms with Crippen LogP contribution in [0, 0.1) is 17.1 Å². The average molecular weight is 281 g/mol. The number of hydrogen-bond donors (Lipinski definition) is 1. The molecule has 104 valence electrons. The Kier molecular flexibility index (Phi) is 2.61. The molecule has 1 aliphatic rings. The lowest BCUT2D eigenvalue weighted by atomic mass is 10.0. The predicted molar refractivity (Wildman–Crippen MR) is 63.6 cm³/mol. The van der Waals surface area contributed by atoms with Crippen LogP contribution in [-0.4, -0.2) is 20.5 Å². The molecule has 1 unspecified atom stereocenters. The van der Waals surface area contributed by atoms with Crippen molar-refractivity contribution in [1.29, 1.82) is 5.26 Å². The molecule has 8 heteroatoms. The van der Waals surface area contributed by atoms with Gasteiger partial charge in [-0.1, -0.05) is 0 Å². The van der Waals surface area contributed by atoms with E-state index >= 15 is 0 Å². The van der Waals surface area contributed by atoms with Crippen LogP contribution in [0.5, 0.6) is 0 Å². The number of rotatable bonds is 1. The molecule has 2 N–H and O–H groups in total. The summed E-state index contributed by atoms with van der Waals surface area (Å²) in [7, 11) is 0. The summed E-state index contributed by atoms with van der Waals surface area (Å²) < 4.78 is 42.0. The summed E-state index contributed by atoms with van der Waals surface area (Å²) in [6.45, 7) is 0. The Bertz CT molecular complexity index is 731. The number of nitriles is 1. The van der Waals surface area contributed by atoms with Crippen LogP contribution in [0.2, 0.25) is 0 Å². The number of alkyl halides is 2. The molecule has 0 aromatic carbocycles. The quantitative estimate of drug-likeness (QED) is 0.869. The molecule has 0 amide bonds. The molecule has 1 saturated carbocycles. The van der Waals surface area contributed by atoms with Crippen molar-refractivity contribution in [2.24, 2.45) is 0 Å². The third kappa shape index (κ3) is 1.78. The van der Waals surface area contributed by atoms with Gasteiger partial charge in [0.15, 0.2) is 5.82 Å². The summed E-state index contributed by atoms with van der Waals surface area (Å²) >= 11 is 0. The van der Waals surface area contributed by atoms with Crippen molar-refractivity contribution in [3.05, 3.63) is 23.3 Å². The molecule has 2 aromatic rings. The van der Waals surface area contributed by atoms with Crippen LogP contribution in [0.1, 0.15) is 36.4 Å². The zero-order valence-electron chi connectivity index (χ0n) is 10.3. The molecule has 1 aliphatic carbocycles. The number of nitrogens with two attached hydrogens (primary N) is 1. The van der Waals surface area contributed by atoms with E-state index in [1.807, 2.05) is 0 Å². The first-order valence-electron chi connectivity index (χ1n) is 6.03. The van der Waals surface area contributed by atoms with E-state index in [1.54, 1.807) is 6.07 Å². The van der Waals surface area contributed by atoms with Gasteiger partial charge in [0.05, 0.1) is 11.9 Å². The smallest absolute Gasteiger partial charge is 0.248 e. The molecule has 20 heavy (non-hydrogen) atoms. The second kappa shape index (κ2) is 4.10. The third-order valence-electron chi connectivity index (χ3n) is 3.58.